The van der Waals surface area contributed by atoms with Gasteiger partial charge in [0.1, 0.15) is 11.1 Å². The minimum Gasteiger partial charge on any atom is -0.444 e. The lowest BCUT2D eigenvalue weighted by molar-refractivity contribution is -0.184. The lowest BCUT2D eigenvalue weighted by Gasteiger charge is -2.49. The number of imide groups is 1. The van der Waals surface area contributed by atoms with Crippen molar-refractivity contribution in [1.82, 2.24) is 10.4 Å². The molecule has 5 rings (SSSR count). The molecule has 1 N–H and O–H groups in total. The van der Waals surface area contributed by atoms with E-state index in [-0.39, 0.29) is 23.0 Å². The van der Waals surface area contributed by atoms with Gasteiger partial charge in [0.15, 0.2) is 0 Å². The molecule has 1 aromatic rings. The molecule has 1 heterocycles. The van der Waals surface area contributed by atoms with Gasteiger partial charge in [0.05, 0.1) is 11.1 Å². The van der Waals surface area contributed by atoms with Crippen molar-refractivity contribution in [3.8, 4) is 0 Å². The highest BCUT2D eigenvalue weighted by Gasteiger charge is 2.56. The lowest BCUT2D eigenvalue weighted by atomic mass is 9.60. The van der Waals surface area contributed by atoms with Gasteiger partial charge < -0.3 is 14.9 Å². The van der Waals surface area contributed by atoms with Gasteiger partial charge in [-0.15, -0.1) is 0 Å². The van der Waals surface area contributed by atoms with E-state index in [4.69, 9.17) is 9.57 Å². The predicted molar refractivity (Wildman–Crippen MR) is 105 cm³/mol. The molecule has 1 unspecified atom stereocenters. The van der Waals surface area contributed by atoms with E-state index in [0.29, 0.717) is 11.5 Å². The summed E-state index contributed by atoms with van der Waals surface area (Å²) in [6.45, 7) is 5.22. The Morgan fingerprint density at radius 3 is 2.07 bits per heavy atom. The predicted octanol–water partition coefficient (Wildman–Crippen LogP) is 3.21. The molecule has 3 aliphatic carbocycles. The van der Waals surface area contributed by atoms with Crippen LogP contribution in [0.15, 0.2) is 24.3 Å². The average molecular weight is 414 g/mol. The van der Waals surface area contributed by atoms with Crippen LogP contribution in [0.2, 0.25) is 0 Å². The summed E-state index contributed by atoms with van der Waals surface area (Å²) in [6, 6.07) is 6.31. The zero-order valence-electron chi connectivity index (χ0n) is 17.4. The summed E-state index contributed by atoms with van der Waals surface area (Å²) in [5.74, 6) is -2.04. The van der Waals surface area contributed by atoms with Crippen molar-refractivity contribution in [2.75, 3.05) is 0 Å². The number of hydrogen-bond acceptors (Lipinski definition) is 6. The summed E-state index contributed by atoms with van der Waals surface area (Å²) >= 11 is 0. The summed E-state index contributed by atoms with van der Waals surface area (Å²) in [7, 11) is 0. The molecule has 8 heteroatoms. The van der Waals surface area contributed by atoms with Gasteiger partial charge in [-0.2, -0.15) is 0 Å². The van der Waals surface area contributed by atoms with Crippen LogP contribution in [-0.4, -0.2) is 40.1 Å². The Hall–Kier alpha value is -2.90. The molecule has 0 aromatic heterocycles. The van der Waals surface area contributed by atoms with E-state index in [0.717, 1.165) is 25.7 Å². The van der Waals surface area contributed by atoms with E-state index in [9.17, 15) is 19.2 Å². The summed E-state index contributed by atoms with van der Waals surface area (Å²) in [5.41, 5.74) is -1.67. The number of nitrogens with one attached hydrogen (secondary N) is 1. The van der Waals surface area contributed by atoms with Gasteiger partial charge in [-0.25, -0.2) is 9.59 Å². The number of nitrogens with zero attached hydrogens (tertiary/aromatic N) is 1. The second kappa shape index (κ2) is 7.11. The first-order chi connectivity index (χ1) is 14.1. The summed E-state index contributed by atoms with van der Waals surface area (Å²) < 4.78 is 5.38. The number of rotatable bonds is 3. The van der Waals surface area contributed by atoms with E-state index in [1.54, 1.807) is 32.9 Å². The quantitative estimate of drug-likeness (QED) is 0.762. The maximum atomic E-state index is 13.4. The van der Waals surface area contributed by atoms with Crippen LogP contribution in [0.4, 0.5) is 4.79 Å². The third kappa shape index (κ3) is 3.44. The molecule has 160 valence electrons. The number of benzene rings is 1. The molecule has 3 amide bonds. The van der Waals surface area contributed by atoms with Gasteiger partial charge in [0.25, 0.3) is 11.8 Å². The maximum Gasteiger partial charge on any atom is 0.408 e. The number of amides is 3. The standard InChI is InChI=1S/C22H26N2O6/c1-21(2,3)29-20(28)23-22(12-13-8-10-14(22)11-9-13)19(27)30-24-17(25)15-6-4-5-7-16(15)18(24)26/h4-7,13-14H,8-12H2,1-3H3,(H,23,28). The summed E-state index contributed by atoms with van der Waals surface area (Å²) in [6.07, 6.45) is 3.16. The Labute approximate surface area is 174 Å². The fraction of sp³-hybridized carbons (Fsp3) is 0.545. The Balaban J connectivity index is 1.59. The molecule has 3 saturated carbocycles. The Bertz CT molecular complexity index is 877. The normalized spacial score (nSPS) is 27.6. The largest absolute Gasteiger partial charge is 0.444 e. The number of hydrogen-bond donors (Lipinski definition) is 1. The van der Waals surface area contributed by atoms with Crippen molar-refractivity contribution in [1.29, 1.82) is 0 Å². The second-order valence-electron chi connectivity index (χ2n) is 9.35. The molecule has 30 heavy (non-hydrogen) atoms. The number of ether oxygens (including phenoxy) is 1. The Kier molecular flexibility index (Phi) is 4.83. The number of carbonyl (C=O) groups excluding carboxylic acids is 4. The Morgan fingerprint density at radius 2 is 1.60 bits per heavy atom. The van der Waals surface area contributed by atoms with Crippen LogP contribution in [0.1, 0.15) is 73.6 Å². The van der Waals surface area contributed by atoms with Crippen LogP contribution in [0.5, 0.6) is 0 Å². The first kappa shape index (κ1) is 20.4. The number of alkyl carbamates (subject to hydrolysis) is 1. The van der Waals surface area contributed by atoms with Crippen molar-refractivity contribution in [3.05, 3.63) is 35.4 Å². The van der Waals surface area contributed by atoms with Crippen molar-refractivity contribution in [2.24, 2.45) is 11.8 Å². The van der Waals surface area contributed by atoms with E-state index < -0.39 is 35.0 Å². The molecular weight excluding hydrogens is 388 g/mol. The van der Waals surface area contributed by atoms with Crippen LogP contribution in [-0.2, 0) is 14.4 Å². The Morgan fingerprint density at radius 1 is 1.03 bits per heavy atom. The zero-order chi connectivity index (χ0) is 21.7. The highest BCUT2D eigenvalue weighted by atomic mass is 16.7. The molecule has 0 saturated heterocycles. The second-order valence-corrected chi connectivity index (χ2v) is 9.35. The topological polar surface area (TPSA) is 102 Å². The van der Waals surface area contributed by atoms with E-state index in [1.807, 2.05) is 0 Å². The molecule has 3 fully saturated rings. The van der Waals surface area contributed by atoms with Gasteiger partial charge in [0.2, 0.25) is 0 Å². The lowest BCUT2D eigenvalue weighted by Crippen LogP contribution is -2.65. The number of carbonyl (C=O) groups is 4. The average Bonchev–Trinajstić information content (AvgIpc) is 2.92. The van der Waals surface area contributed by atoms with E-state index in [2.05, 4.69) is 5.32 Å². The minimum absolute atomic E-state index is 0.141. The molecule has 1 atom stereocenters. The van der Waals surface area contributed by atoms with Crippen LogP contribution in [0.25, 0.3) is 0 Å². The van der Waals surface area contributed by atoms with Crippen molar-refractivity contribution in [2.45, 2.75) is 64.0 Å². The smallest absolute Gasteiger partial charge is 0.408 e. The van der Waals surface area contributed by atoms with Gasteiger partial charge >= 0.3 is 12.1 Å². The fourth-order valence-corrected chi connectivity index (χ4v) is 4.84. The summed E-state index contributed by atoms with van der Waals surface area (Å²) in [5, 5.41) is 3.27. The van der Waals surface area contributed by atoms with Gasteiger partial charge in [-0.3, -0.25) is 9.59 Å². The molecule has 0 spiro atoms. The van der Waals surface area contributed by atoms with Crippen molar-refractivity contribution >= 4 is 23.9 Å². The van der Waals surface area contributed by atoms with Crippen LogP contribution < -0.4 is 5.32 Å². The van der Waals surface area contributed by atoms with Crippen molar-refractivity contribution < 1.29 is 28.8 Å². The molecule has 8 nitrogen and oxygen atoms in total. The monoisotopic (exact) mass is 414 g/mol. The molecular formula is C22H26N2O6. The molecule has 4 aliphatic rings. The first-order valence-electron chi connectivity index (χ1n) is 10.3. The van der Waals surface area contributed by atoms with Gasteiger partial charge in [0, 0.05) is 0 Å². The van der Waals surface area contributed by atoms with Crippen LogP contribution >= 0.6 is 0 Å². The maximum absolute atomic E-state index is 13.4. The fourth-order valence-electron chi connectivity index (χ4n) is 4.84. The molecule has 0 radical (unpaired) electrons. The number of fused-ring (bicyclic) bond motifs is 4. The summed E-state index contributed by atoms with van der Waals surface area (Å²) in [4.78, 5) is 56.5. The van der Waals surface area contributed by atoms with Crippen molar-refractivity contribution in [3.63, 3.8) is 0 Å². The zero-order valence-corrected chi connectivity index (χ0v) is 17.4. The van der Waals surface area contributed by atoms with E-state index >= 15 is 0 Å². The number of hydroxylamine groups is 2. The van der Waals surface area contributed by atoms with Gasteiger partial charge in [-0.1, -0.05) is 17.2 Å². The molecule has 1 aliphatic heterocycles. The minimum atomic E-state index is -1.32. The van der Waals surface area contributed by atoms with Gasteiger partial charge in [-0.05, 0) is 76.8 Å². The first-order valence-corrected chi connectivity index (χ1v) is 10.3. The third-order valence-corrected chi connectivity index (χ3v) is 6.17. The molecule has 2 bridgehead atoms. The van der Waals surface area contributed by atoms with Crippen LogP contribution in [0.3, 0.4) is 0 Å². The van der Waals surface area contributed by atoms with E-state index in [1.165, 1.54) is 12.1 Å². The highest BCUT2D eigenvalue weighted by Crippen LogP contribution is 2.48. The van der Waals surface area contributed by atoms with Crippen LogP contribution in [0, 0.1) is 11.8 Å². The SMILES string of the molecule is CC(C)(C)OC(=O)NC1(C(=O)ON2C(=O)c3ccccc3C2=O)CC2CCC1CC2. The highest BCUT2D eigenvalue weighted by molar-refractivity contribution is 6.21. The third-order valence-electron chi connectivity index (χ3n) is 6.17. The molecule has 1 aromatic carbocycles.